The smallest absolute Gasteiger partial charge is 2.00 e. The average molecular weight is 356 g/mol. The van der Waals surface area contributed by atoms with E-state index in [9.17, 15) is 0 Å². The average Bonchev–Trinajstić information content (AvgIpc) is 2.35. The van der Waals surface area contributed by atoms with Gasteiger partial charge in [0.25, 0.3) is 0 Å². The largest absolute Gasteiger partial charge is 4.00 e. The summed E-state index contributed by atoms with van der Waals surface area (Å²) in [7, 11) is -2.48. The third-order valence-corrected chi connectivity index (χ3v) is 6.73. The van der Waals surface area contributed by atoms with Crippen LogP contribution in [0.5, 0.6) is 0 Å². The van der Waals surface area contributed by atoms with Crippen LogP contribution in [0.1, 0.15) is 66.7 Å². The molecule has 0 aromatic rings. The van der Waals surface area contributed by atoms with Crippen LogP contribution in [-0.2, 0) is 45.9 Å². The van der Waals surface area contributed by atoms with Gasteiger partial charge in [0.2, 0.25) is 0 Å². The molecule has 0 aromatic heterocycles. The van der Waals surface area contributed by atoms with Crippen molar-refractivity contribution in [3.63, 3.8) is 0 Å². The van der Waals surface area contributed by atoms with Gasteiger partial charge in [0, 0.05) is 25.4 Å². The van der Waals surface area contributed by atoms with E-state index in [2.05, 4.69) is 13.8 Å². The quantitative estimate of drug-likeness (QED) is 0.492. The van der Waals surface area contributed by atoms with Gasteiger partial charge >= 0.3 is 30.5 Å². The maximum atomic E-state index is 6.02. The Bertz CT molecular complexity index is 181. The SMILES string of the molecule is CCCCC(CCC)[Si](OCC)(OCC)OCC.[O-2].[O-2].[Ti+4]. The summed E-state index contributed by atoms with van der Waals surface area (Å²) in [6, 6.07) is 0. The normalized spacial score (nSPS) is 11.9. The molecule has 0 heterocycles. The molecular weight excluding hydrogens is 324 g/mol. The molecule has 0 saturated heterocycles. The zero-order chi connectivity index (χ0) is 13.9. The Labute approximate surface area is 147 Å². The molecule has 126 valence electrons. The third kappa shape index (κ3) is 11.0. The van der Waals surface area contributed by atoms with Crippen molar-refractivity contribution in [2.45, 2.75) is 72.3 Å². The fourth-order valence-electron chi connectivity index (χ4n) is 2.38. The van der Waals surface area contributed by atoms with E-state index < -0.39 is 8.80 Å². The molecule has 0 aliphatic rings. The van der Waals surface area contributed by atoms with E-state index in [1.807, 2.05) is 20.8 Å². The second-order valence-electron chi connectivity index (χ2n) is 4.53. The maximum absolute atomic E-state index is 6.02. The first-order chi connectivity index (χ1) is 8.70. The Morgan fingerprint density at radius 2 is 1.14 bits per heavy atom. The van der Waals surface area contributed by atoms with Crippen LogP contribution in [0.2, 0.25) is 5.54 Å². The molecule has 1 unspecified atom stereocenters. The van der Waals surface area contributed by atoms with Crippen LogP contribution in [0, 0.1) is 0 Å². The van der Waals surface area contributed by atoms with Crippen molar-refractivity contribution in [3.8, 4) is 0 Å². The molecule has 0 aliphatic carbocycles. The molecule has 0 rings (SSSR count). The first-order valence-electron chi connectivity index (χ1n) is 7.62. The van der Waals surface area contributed by atoms with E-state index in [-0.39, 0.29) is 32.7 Å². The minimum Gasteiger partial charge on any atom is -2.00 e. The van der Waals surface area contributed by atoms with E-state index in [4.69, 9.17) is 13.3 Å². The summed E-state index contributed by atoms with van der Waals surface area (Å²) in [4.78, 5) is 0. The van der Waals surface area contributed by atoms with Gasteiger partial charge in [0.15, 0.2) is 0 Å². The van der Waals surface area contributed by atoms with Gasteiger partial charge in [-0.3, -0.25) is 0 Å². The molecule has 0 aromatic carbocycles. The van der Waals surface area contributed by atoms with Crippen LogP contribution < -0.4 is 0 Å². The summed E-state index contributed by atoms with van der Waals surface area (Å²) in [6.07, 6.45) is 5.92. The summed E-state index contributed by atoms with van der Waals surface area (Å²) >= 11 is 0. The van der Waals surface area contributed by atoms with Crippen LogP contribution in [0.25, 0.3) is 0 Å². The summed E-state index contributed by atoms with van der Waals surface area (Å²) < 4.78 is 18.0. The Morgan fingerprint density at radius 3 is 1.43 bits per heavy atom. The molecule has 5 nitrogen and oxygen atoms in total. The zero-order valence-corrected chi connectivity index (χ0v) is 16.8. The first-order valence-corrected chi connectivity index (χ1v) is 9.42. The minimum atomic E-state index is -2.48. The van der Waals surface area contributed by atoms with Gasteiger partial charge in [-0.25, -0.2) is 0 Å². The minimum absolute atomic E-state index is 0. The Balaban J connectivity index is -0.000000482. The van der Waals surface area contributed by atoms with Crippen molar-refractivity contribution in [2.75, 3.05) is 19.8 Å². The standard InChI is InChI=1S/C14H32O3Si.2O.Ti/c1-6-11-13-14(12-7-2)18(15-8-3,16-9-4)17-10-5;;;/h14H,6-13H2,1-5H3;;;/q;2*-2;+4. The molecule has 0 radical (unpaired) electrons. The number of hydrogen-bond donors (Lipinski definition) is 0. The van der Waals surface area contributed by atoms with Crippen molar-refractivity contribution in [2.24, 2.45) is 0 Å². The van der Waals surface area contributed by atoms with Crippen LogP contribution in [0.15, 0.2) is 0 Å². The van der Waals surface area contributed by atoms with Crippen molar-refractivity contribution < 1.29 is 45.9 Å². The molecule has 0 N–H and O–H groups in total. The molecule has 0 spiro atoms. The molecule has 1 atom stereocenters. The predicted molar refractivity (Wildman–Crippen MR) is 80.2 cm³/mol. The fraction of sp³-hybridized carbons (Fsp3) is 1.00. The van der Waals surface area contributed by atoms with E-state index in [1.54, 1.807) is 0 Å². The molecule has 21 heavy (non-hydrogen) atoms. The van der Waals surface area contributed by atoms with Gasteiger partial charge in [-0.05, 0) is 33.6 Å². The van der Waals surface area contributed by atoms with Crippen molar-refractivity contribution in [3.05, 3.63) is 0 Å². The molecule has 7 heteroatoms. The Morgan fingerprint density at radius 1 is 0.714 bits per heavy atom. The van der Waals surface area contributed by atoms with Gasteiger partial charge < -0.3 is 24.2 Å². The van der Waals surface area contributed by atoms with Gasteiger partial charge in [-0.1, -0.05) is 33.1 Å². The maximum Gasteiger partial charge on any atom is 4.00 e. The Kier molecular flexibility index (Phi) is 26.6. The van der Waals surface area contributed by atoms with Crippen molar-refractivity contribution in [1.29, 1.82) is 0 Å². The Hall–Kier alpha value is 0.731. The second-order valence-corrected chi connectivity index (χ2v) is 7.42. The van der Waals surface area contributed by atoms with Crippen molar-refractivity contribution >= 4 is 8.80 Å². The molecule has 0 amide bonds. The van der Waals surface area contributed by atoms with E-state index in [0.29, 0.717) is 25.4 Å². The molecular formula is C14H32O5SiTi. The van der Waals surface area contributed by atoms with Gasteiger partial charge in [0.05, 0.1) is 0 Å². The topological polar surface area (TPSA) is 84.7 Å². The summed E-state index contributed by atoms with van der Waals surface area (Å²) in [5.41, 5.74) is 0.460. The van der Waals surface area contributed by atoms with Crippen LogP contribution >= 0.6 is 0 Å². The first kappa shape index (κ1) is 29.7. The van der Waals surface area contributed by atoms with Crippen LogP contribution in [0.3, 0.4) is 0 Å². The summed E-state index contributed by atoms with van der Waals surface area (Å²) in [5, 5.41) is 0. The number of unbranched alkanes of at least 4 members (excludes halogenated alkanes) is 1. The number of hydrogen-bond acceptors (Lipinski definition) is 3. The van der Waals surface area contributed by atoms with Crippen LogP contribution in [0.4, 0.5) is 0 Å². The fourth-order valence-corrected chi connectivity index (χ4v) is 5.74. The summed E-state index contributed by atoms with van der Waals surface area (Å²) in [5.74, 6) is 0. The monoisotopic (exact) mass is 356 g/mol. The van der Waals surface area contributed by atoms with Gasteiger partial charge in [0.1, 0.15) is 0 Å². The molecule has 0 fully saturated rings. The molecule has 0 aliphatic heterocycles. The van der Waals surface area contributed by atoms with Gasteiger partial charge in [-0.2, -0.15) is 0 Å². The predicted octanol–water partition coefficient (Wildman–Crippen LogP) is 4.16. The number of rotatable bonds is 12. The molecule has 0 bridgehead atoms. The van der Waals surface area contributed by atoms with Crippen LogP contribution in [-0.4, -0.2) is 28.6 Å². The van der Waals surface area contributed by atoms with Crippen molar-refractivity contribution in [1.82, 2.24) is 0 Å². The molecule has 0 saturated carbocycles. The second kappa shape index (κ2) is 18.8. The zero-order valence-electron chi connectivity index (χ0n) is 14.3. The van der Waals surface area contributed by atoms with Gasteiger partial charge in [-0.15, -0.1) is 0 Å². The summed E-state index contributed by atoms with van der Waals surface area (Å²) in [6.45, 7) is 12.6. The van der Waals surface area contributed by atoms with E-state index >= 15 is 0 Å². The van der Waals surface area contributed by atoms with E-state index in [1.165, 1.54) is 12.8 Å². The third-order valence-electron chi connectivity index (χ3n) is 3.08. The van der Waals surface area contributed by atoms with E-state index in [0.717, 1.165) is 19.3 Å².